The van der Waals surface area contributed by atoms with Crippen molar-refractivity contribution in [2.24, 2.45) is 0 Å². The van der Waals surface area contributed by atoms with E-state index in [4.69, 9.17) is 25.8 Å². The van der Waals surface area contributed by atoms with E-state index in [1.807, 2.05) is 11.9 Å². The summed E-state index contributed by atoms with van der Waals surface area (Å²) < 4.78 is 31.5. The molecule has 0 spiro atoms. The highest BCUT2D eigenvalue weighted by atomic mass is 35.5. The summed E-state index contributed by atoms with van der Waals surface area (Å²) in [6, 6.07) is 0.0187. The molecule has 11 heteroatoms. The molecule has 29 heavy (non-hydrogen) atoms. The number of hydrogen-bond donors (Lipinski definition) is 1. The highest BCUT2D eigenvalue weighted by Gasteiger charge is 2.24. The van der Waals surface area contributed by atoms with Gasteiger partial charge in [0.1, 0.15) is 24.0 Å². The fourth-order valence-electron chi connectivity index (χ4n) is 3.42. The summed E-state index contributed by atoms with van der Waals surface area (Å²) in [4.78, 5) is 16.5. The Morgan fingerprint density at radius 2 is 2.17 bits per heavy atom. The van der Waals surface area contributed by atoms with Gasteiger partial charge in [0.2, 0.25) is 0 Å². The van der Waals surface area contributed by atoms with Gasteiger partial charge in [-0.3, -0.25) is 0 Å². The molecule has 9 nitrogen and oxygen atoms in total. The topological polar surface area (TPSA) is 93.1 Å². The minimum Gasteiger partial charge on any atom is -0.461 e. The molecule has 2 fully saturated rings. The molecule has 0 unspecified atom stereocenters. The number of aliphatic hydroxyl groups excluding tert-OH is 1. The Morgan fingerprint density at radius 1 is 1.31 bits per heavy atom. The zero-order valence-corrected chi connectivity index (χ0v) is 16.8. The van der Waals surface area contributed by atoms with Crippen LogP contribution >= 0.6 is 11.6 Å². The van der Waals surface area contributed by atoms with Crippen LogP contribution in [0.2, 0.25) is 5.15 Å². The Bertz CT molecular complexity index is 876. The Morgan fingerprint density at radius 3 is 3.00 bits per heavy atom. The predicted octanol–water partition coefficient (Wildman–Crippen LogP) is 0.724. The molecule has 4 rings (SSSR count). The van der Waals surface area contributed by atoms with Crippen molar-refractivity contribution in [3.63, 3.8) is 0 Å². The zero-order chi connectivity index (χ0) is 20.4. The van der Waals surface area contributed by atoms with Crippen LogP contribution in [0.25, 0.3) is 10.9 Å². The first-order valence-electron chi connectivity index (χ1n) is 9.46. The second-order valence-electron chi connectivity index (χ2n) is 7.20. The molecule has 2 aromatic heterocycles. The van der Waals surface area contributed by atoms with E-state index in [9.17, 15) is 9.50 Å². The first kappa shape index (κ1) is 20.4. The van der Waals surface area contributed by atoms with Crippen LogP contribution in [0.1, 0.15) is 0 Å². The minimum atomic E-state index is -0.738. The quantitative estimate of drug-likeness (QED) is 0.708. The maximum atomic E-state index is 14.7. The normalized spacial score (nSPS) is 23.9. The molecule has 0 bridgehead atoms. The number of rotatable bonds is 4. The van der Waals surface area contributed by atoms with Gasteiger partial charge < -0.3 is 29.1 Å². The van der Waals surface area contributed by atoms with E-state index in [1.54, 1.807) is 0 Å². The van der Waals surface area contributed by atoms with Crippen molar-refractivity contribution in [1.82, 2.24) is 19.9 Å². The van der Waals surface area contributed by atoms with E-state index in [-0.39, 0.29) is 42.5 Å². The van der Waals surface area contributed by atoms with Crippen LogP contribution in [-0.2, 0) is 9.47 Å². The molecule has 158 valence electrons. The number of pyridine rings is 1. The number of nitrogens with zero attached hydrogens (tertiary/aromatic N) is 5. The monoisotopic (exact) mass is 427 g/mol. The number of aromatic nitrogens is 3. The van der Waals surface area contributed by atoms with Crippen molar-refractivity contribution >= 4 is 28.3 Å². The lowest BCUT2D eigenvalue weighted by Crippen LogP contribution is -2.42. The molecule has 4 heterocycles. The molecule has 0 radical (unpaired) electrons. The van der Waals surface area contributed by atoms with Gasteiger partial charge >= 0.3 is 6.01 Å². The van der Waals surface area contributed by atoms with E-state index in [1.165, 1.54) is 6.20 Å². The summed E-state index contributed by atoms with van der Waals surface area (Å²) in [5, 5.41) is 10.2. The second kappa shape index (κ2) is 8.88. The smallest absolute Gasteiger partial charge is 0.319 e. The number of likely N-dealkylation sites (N-methyl/N-ethyl adjacent to an activating group) is 1. The summed E-state index contributed by atoms with van der Waals surface area (Å²) in [6.07, 6.45) is 0.607. The fourth-order valence-corrected chi connectivity index (χ4v) is 3.56. The number of β-amino-alcohol motifs (C(OH)–C–C–N with tert-alkyl or cyclic N) is 1. The highest BCUT2D eigenvalue weighted by molar-refractivity contribution is 6.30. The van der Waals surface area contributed by atoms with E-state index in [0.717, 1.165) is 13.1 Å². The Balaban J connectivity index is 1.66. The molecule has 0 aliphatic carbocycles. The number of aliphatic hydroxyl groups is 1. The molecule has 0 amide bonds. The van der Waals surface area contributed by atoms with Gasteiger partial charge in [-0.05, 0) is 7.05 Å². The van der Waals surface area contributed by atoms with Crippen molar-refractivity contribution in [3.05, 3.63) is 17.2 Å². The number of anilines is 1. The molecule has 2 aliphatic rings. The average Bonchev–Trinajstić information content (AvgIpc) is 2.93. The van der Waals surface area contributed by atoms with Crippen LogP contribution in [0, 0.1) is 5.82 Å². The standard InChI is InChI=1S/C18H23ClFN5O4/c1-24-2-5-28-12(8-24)10-29-18-22-15-13(6-21-16(19)14(15)20)17(23-18)25-3-4-27-9-11(26)7-25/h6,11-12,26H,2-5,7-10H2,1H3/t11-,12+/m0/s1. The molecule has 2 saturated heterocycles. The zero-order valence-electron chi connectivity index (χ0n) is 16.1. The number of fused-ring (bicyclic) bond motifs is 1. The van der Waals surface area contributed by atoms with Gasteiger partial charge in [-0.15, -0.1) is 0 Å². The van der Waals surface area contributed by atoms with Gasteiger partial charge in [0.05, 0.1) is 31.3 Å². The Hall–Kier alpha value is -1.85. The van der Waals surface area contributed by atoms with Crippen LogP contribution in [0.5, 0.6) is 6.01 Å². The minimum absolute atomic E-state index is 0.0187. The predicted molar refractivity (Wildman–Crippen MR) is 104 cm³/mol. The Labute approximate surface area is 172 Å². The SMILES string of the molecule is CN1CCO[C@@H](COc2nc(N3CCOC[C@@H](O)C3)c3cnc(Cl)c(F)c3n2)C1. The van der Waals surface area contributed by atoms with Gasteiger partial charge in [0, 0.05) is 32.4 Å². The fraction of sp³-hybridized carbons (Fsp3) is 0.611. The maximum Gasteiger partial charge on any atom is 0.319 e. The van der Waals surface area contributed by atoms with Gasteiger partial charge in [-0.25, -0.2) is 9.37 Å². The summed E-state index contributed by atoms with van der Waals surface area (Å²) in [7, 11) is 2.01. The van der Waals surface area contributed by atoms with Crippen LogP contribution in [-0.4, -0.2) is 96.8 Å². The van der Waals surface area contributed by atoms with Gasteiger partial charge in [0.15, 0.2) is 11.0 Å². The molecule has 1 N–H and O–H groups in total. The third-order valence-electron chi connectivity index (χ3n) is 4.89. The lowest BCUT2D eigenvalue weighted by atomic mass is 10.2. The Kier molecular flexibility index (Phi) is 6.26. The maximum absolute atomic E-state index is 14.7. The lowest BCUT2D eigenvalue weighted by Gasteiger charge is -2.29. The highest BCUT2D eigenvalue weighted by Crippen LogP contribution is 2.30. The van der Waals surface area contributed by atoms with Crippen molar-refractivity contribution in [1.29, 1.82) is 0 Å². The summed E-state index contributed by atoms with van der Waals surface area (Å²) in [5.41, 5.74) is 0.0198. The molecule has 2 aliphatic heterocycles. The average molecular weight is 428 g/mol. The summed E-state index contributed by atoms with van der Waals surface area (Å²) in [5.74, 6) is -0.322. The first-order chi connectivity index (χ1) is 14.0. The van der Waals surface area contributed by atoms with Crippen LogP contribution in [0.4, 0.5) is 10.2 Å². The van der Waals surface area contributed by atoms with Crippen molar-refractivity contribution in [2.45, 2.75) is 12.2 Å². The largest absolute Gasteiger partial charge is 0.461 e. The molecule has 2 atom stereocenters. The third kappa shape index (κ3) is 4.67. The number of halogens is 2. The van der Waals surface area contributed by atoms with Gasteiger partial charge in [-0.2, -0.15) is 9.97 Å². The number of ether oxygens (including phenoxy) is 3. The summed E-state index contributed by atoms with van der Waals surface area (Å²) >= 11 is 5.86. The molecule has 0 aromatic carbocycles. The van der Waals surface area contributed by atoms with Crippen LogP contribution in [0.15, 0.2) is 6.20 Å². The third-order valence-corrected chi connectivity index (χ3v) is 5.15. The molecular weight excluding hydrogens is 405 g/mol. The molecular formula is C18H23ClFN5O4. The van der Waals surface area contributed by atoms with Gasteiger partial charge in [0.25, 0.3) is 0 Å². The lowest BCUT2D eigenvalue weighted by molar-refractivity contribution is -0.0416. The van der Waals surface area contributed by atoms with Crippen molar-refractivity contribution in [2.75, 3.05) is 64.6 Å². The van der Waals surface area contributed by atoms with Crippen molar-refractivity contribution < 1.29 is 23.7 Å². The van der Waals surface area contributed by atoms with E-state index < -0.39 is 11.9 Å². The van der Waals surface area contributed by atoms with Gasteiger partial charge in [-0.1, -0.05) is 11.6 Å². The van der Waals surface area contributed by atoms with E-state index >= 15 is 0 Å². The molecule has 0 saturated carbocycles. The second-order valence-corrected chi connectivity index (χ2v) is 7.55. The van der Waals surface area contributed by atoms with Crippen LogP contribution in [0.3, 0.4) is 0 Å². The molecule has 2 aromatic rings. The van der Waals surface area contributed by atoms with Crippen LogP contribution < -0.4 is 9.64 Å². The summed E-state index contributed by atoms with van der Waals surface area (Å²) in [6.45, 7) is 3.84. The first-order valence-corrected chi connectivity index (χ1v) is 9.84. The number of morpholine rings is 1. The van der Waals surface area contributed by atoms with Crippen molar-refractivity contribution in [3.8, 4) is 6.01 Å². The number of hydrogen-bond acceptors (Lipinski definition) is 9. The van der Waals surface area contributed by atoms with E-state index in [0.29, 0.717) is 31.0 Å². The van der Waals surface area contributed by atoms with E-state index in [2.05, 4.69) is 19.9 Å².